The van der Waals surface area contributed by atoms with Crippen molar-refractivity contribution in [3.05, 3.63) is 95.6 Å². The molecule has 64 heavy (non-hydrogen) atoms. The highest BCUT2D eigenvalue weighted by atomic mass is 16.5. The molecule has 1 aromatic heterocycles. The molecule has 1 heterocycles. The van der Waals surface area contributed by atoms with Gasteiger partial charge in [-0.3, -0.25) is 9.59 Å². The number of rotatable bonds is 14. The molecule has 0 radical (unpaired) electrons. The minimum atomic E-state index is -0.455. The number of benzene rings is 2. The Morgan fingerprint density at radius 2 is 1.66 bits per heavy atom. The average molecular weight is 875 g/mol. The molecule has 5 fully saturated rings. The van der Waals surface area contributed by atoms with Crippen LogP contribution in [0.5, 0.6) is 5.75 Å². The van der Waals surface area contributed by atoms with Crippen LogP contribution in [0.3, 0.4) is 0 Å². The van der Waals surface area contributed by atoms with Crippen LogP contribution in [0.4, 0.5) is 0 Å². The van der Waals surface area contributed by atoms with Crippen LogP contribution >= 0.6 is 0 Å². The van der Waals surface area contributed by atoms with Crippen LogP contribution in [0.1, 0.15) is 144 Å². The largest absolute Gasteiger partial charge is 0.494 e. The van der Waals surface area contributed by atoms with Crippen molar-refractivity contribution in [2.24, 2.45) is 56.7 Å². The molecule has 0 saturated heterocycles. The number of aliphatic hydroxyl groups is 1. The third-order valence-electron chi connectivity index (χ3n) is 18.6. The van der Waals surface area contributed by atoms with Crippen LogP contribution in [0, 0.1) is 56.7 Å². The zero-order valence-corrected chi connectivity index (χ0v) is 39.6. The lowest BCUT2D eigenvalue weighted by Crippen LogP contribution is -2.67. The molecule has 10 unspecified atom stereocenters. The van der Waals surface area contributed by atoms with Crippen LogP contribution < -0.4 is 15.4 Å². The molecule has 0 aliphatic heterocycles. The number of allylic oxidation sites excluding steroid dienone is 1. The summed E-state index contributed by atoms with van der Waals surface area (Å²) in [4.78, 5) is 43.8. The molecule has 0 spiro atoms. The Kier molecular flexibility index (Phi) is 12.8. The third kappa shape index (κ3) is 8.02. The first kappa shape index (κ1) is 46.1. The Labute approximate surface area is 381 Å². The van der Waals surface area contributed by atoms with Crippen LogP contribution in [0.2, 0.25) is 0 Å². The number of hydrogen-bond donors (Lipinski definition) is 3. The summed E-state index contributed by atoms with van der Waals surface area (Å²) in [5.74, 6) is 2.70. The average Bonchev–Trinajstić information content (AvgIpc) is 3.93. The van der Waals surface area contributed by atoms with E-state index in [4.69, 9.17) is 9.47 Å². The highest BCUT2D eigenvalue weighted by molar-refractivity contribution is 5.94. The maximum Gasteiger partial charge on any atom is 0.358 e. The molecule has 10 nitrogen and oxygen atoms in total. The second-order valence-electron chi connectivity index (χ2n) is 21.9. The summed E-state index contributed by atoms with van der Waals surface area (Å²) in [6.45, 7) is 21.3. The minimum absolute atomic E-state index is 0.0616. The molecule has 3 aromatic rings. The van der Waals surface area contributed by atoms with E-state index in [1.165, 1.54) is 38.4 Å². The van der Waals surface area contributed by atoms with Gasteiger partial charge in [0.1, 0.15) is 5.75 Å². The van der Waals surface area contributed by atoms with E-state index in [2.05, 4.69) is 63.7 Å². The number of amides is 2. The number of nitrogens with one attached hydrogen (secondary N) is 2. The molecule has 2 aromatic carbocycles. The molecule has 10 atom stereocenters. The van der Waals surface area contributed by atoms with Gasteiger partial charge in [0.15, 0.2) is 5.69 Å². The van der Waals surface area contributed by atoms with Crippen molar-refractivity contribution >= 4 is 17.8 Å². The fraction of sp³-hybridized carbons (Fsp3) is 0.630. The van der Waals surface area contributed by atoms with Crippen molar-refractivity contribution in [3.63, 3.8) is 0 Å². The standard InChI is InChI=1S/C54H74N4O6/c1-35(2)40-19-25-54(27-26-52(6)41(46(40)54)17-18-44-51(5)23-21-45(59)50(3,4)43(51)20-24-53(44,52)7)49(62)55-28-22-36-11-9-12-38(31-36)47(60)56-32-37-13-15-39(16-14-37)64-30-10-29-58-33-42(57-34-58)48(61)63-8/h9,11-16,31,33-34,40-41,43-46,59H,1,10,17-30,32H2,2-8H3,(H,55,62)(H,56,60). The summed E-state index contributed by atoms with van der Waals surface area (Å²) in [6, 6.07) is 15.5. The predicted molar refractivity (Wildman–Crippen MR) is 249 cm³/mol. The summed E-state index contributed by atoms with van der Waals surface area (Å²) < 4.78 is 12.5. The molecule has 5 aliphatic rings. The smallest absolute Gasteiger partial charge is 0.358 e. The third-order valence-corrected chi connectivity index (χ3v) is 18.6. The molecule has 0 bridgehead atoms. The SMILES string of the molecule is C=C(C)C1CCC2(C(=O)NCCc3cccc(C(=O)NCc4ccc(OCCCn5cnc(C(=O)OC)c5)cc4)c3)CCC3(C)C(CCC4C5(C)CCC(O)C(C)(C)C5CCC43C)C12. The van der Waals surface area contributed by atoms with Gasteiger partial charge in [-0.1, -0.05) is 71.0 Å². The number of hydrogen-bond acceptors (Lipinski definition) is 7. The number of esters is 1. The number of carbonyl (C=O) groups is 3. The van der Waals surface area contributed by atoms with Gasteiger partial charge < -0.3 is 29.8 Å². The van der Waals surface area contributed by atoms with E-state index >= 15 is 0 Å². The van der Waals surface area contributed by atoms with Crippen LogP contribution in [-0.2, 0) is 29.0 Å². The molecule has 5 aliphatic carbocycles. The summed E-state index contributed by atoms with van der Waals surface area (Å²) in [5.41, 5.74) is 4.26. The Balaban J connectivity index is 0.850. The van der Waals surface area contributed by atoms with Crippen molar-refractivity contribution in [3.8, 4) is 5.75 Å². The monoisotopic (exact) mass is 875 g/mol. The Bertz CT molecular complexity index is 2220. The number of imidazole rings is 1. The number of aryl methyl sites for hydroxylation is 1. The zero-order valence-electron chi connectivity index (χ0n) is 39.6. The number of aromatic nitrogens is 2. The molecule has 3 N–H and O–H groups in total. The number of carbonyl (C=O) groups excluding carboxylic acids is 3. The van der Waals surface area contributed by atoms with Crippen molar-refractivity contribution in [1.29, 1.82) is 0 Å². The first-order valence-corrected chi connectivity index (χ1v) is 24.3. The molecule has 8 rings (SSSR count). The predicted octanol–water partition coefficient (Wildman–Crippen LogP) is 9.75. The topological polar surface area (TPSA) is 132 Å². The van der Waals surface area contributed by atoms with Crippen molar-refractivity contribution < 1.29 is 29.0 Å². The summed E-state index contributed by atoms with van der Waals surface area (Å²) in [5, 5.41) is 17.7. The maximum absolute atomic E-state index is 14.8. The second-order valence-corrected chi connectivity index (χ2v) is 21.9. The fourth-order valence-corrected chi connectivity index (χ4v) is 15.0. The first-order chi connectivity index (χ1) is 30.5. The summed E-state index contributed by atoms with van der Waals surface area (Å²) >= 11 is 0. The van der Waals surface area contributed by atoms with E-state index in [1.807, 2.05) is 53.1 Å². The first-order valence-electron chi connectivity index (χ1n) is 24.3. The lowest BCUT2D eigenvalue weighted by Gasteiger charge is -2.72. The zero-order chi connectivity index (χ0) is 45.7. The lowest BCUT2D eigenvalue weighted by molar-refractivity contribution is -0.246. The van der Waals surface area contributed by atoms with E-state index in [1.54, 1.807) is 12.5 Å². The normalized spacial score (nSPS) is 33.7. The quantitative estimate of drug-likeness (QED) is 0.0835. The van der Waals surface area contributed by atoms with Crippen molar-refractivity contribution in [2.75, 3.05) is 20.3 Å². The molecular formula is C54H74N4O6. The van der Waals surface area contributed by atoms with Gasteiger partial charge in [-0.2, -0.15) is 0 Å². The van der Waals surface area contributed by atoms with Gasteiger partial charge in [-0.15, -0.1) is 0 Å². The van der Waals surface area contributed by atoms with Gasteiger partial charge in [0.2, 0.25) is 5.91 Å². The molecule has 346 valence electrons. The fourth-order valence-electron chi connectivity index (χ4n) is 15.0. The molecule has 2 amide bonds. The van der Waals surface area contributed by atoms with E-state index in [0.29, 0.717) is 67.8 Å². The number of fused-ring (bicyclic) bond motifs is 7. The highest BCUT2D eigenvalue weighted by Crippen LogP contribution is 2.77. The maximum atomic E-state index is 14.8. The number of aliphatic hydroxyl groups excluding tert-OH is 1. The van der Waals surface area contributed by atoms with Gasteiger partial charge in [-0.05, 0) is 171 Å². The summed E-state index contributed by atoms with van der Waals surface area (Å²) in [7, 11) is 1.34. The number of ether oxygens (including phenoxy) is 2. The molecule has 10 heteroatoms. The van der Waals surface area contributed by atoms with Gasteiger partial charge in [0.25, 0.3) is 5.91 Å². The second kappa shape index (κ2) is 17.7. The van der Waals surface area contributed by atoms with Crippen LogP contribution in [0.25, 0.3) is 0 Å². The van der Waals surface area contributed by atoms with E-state index < -0.39 is 5.97 Å². The minimum Gasteiger partial charge on any atom is -0.494 e. The molecular weight excluding hydrogens is 801 g/mol. The lowest BCUT2D eigenvalue weighted by atomic mass is 9.32. The van der Waals surface area contributed by atoms with Crippen LogP contribution in [-0.4, -0.2) is 58.8 Å². The Morgan fingerprint density at radius 3 is 2.41 bits per heavy atom. The highest BCUT2D eigenvalue weighted by Gasteiger charge is 2.71. The van der Waals surface area contributed by atoms with Crippen molar-refractivity contribution in [1.82, 2.24) is 20.2 Å². The van der Waals surface area contributed by atoms with E-state index in [9.17, 15) is 19.5 Å². The number of nitrogens with zero attached hydrogens (tertiary/aromatic N) is 2. The van der Waals surface area contributed by atoms with Gasteiger partial charge in [0.05, 0.1) is 31.6 Å². The Hall–Kier alpha value is -4.44. The van der Waals surface area contributed by atoms with Gasteiger partial charge in [0, 0.05) is 31.4 Å². The molecule has 5 saturated carbocycles. The van der Waals surface area contributed by atoms with Crippen molar-refractivity contribution in [2.45, 2.75) is 138 Å². The summed E-state index contributed by atoms with van der Waals surface area (Å²) in [6.07, 6.45) is 15.3. The van der Waals surface area contributed by atoms with E-state index in [0.717, 1.165) is 61.8 Å². The van der Waals surface area contributed by atoms with Gasteiger partial charge in [-0.25, -0.2) is 9.78 Å². The van der Waals surface area contributed by atoms with Gasteiger partial charge >= 0.3 is 5.97 Å². The van der Waals surface area contributed by atoms with E-state index in [-0.39, 0.29) is 50.7 Å². The number of methoxy groups -OCH3 is 1. The Morgan fingerprint density at radius 1 is 0.875 bits per heavy atom. The van der Waals surface area contributed by atoms with Crippen LogP contribution in [0.15, 0.2) is 73.2 Å².